The second-order valence-electron chi connectivity index (χ2n) is 5.84. The van der Waals surface area contributed by atoms with Gasteiger partial charge in [0.25, 0.3) is 0 Å². The van der Waals surface area contributed by atoms with Gasteiger partial charge in [-0.3, -0.25) is 4.79 Å². The van der Waals surface area contributed by atoms with Crippen molar-refractivity contribution in [3.05, 3.63) is 36.2 Å². The third-order valence-corrected chi connectivity index (χ3v) is 5.06. The second-order valence-corrected chi connectivity index (χ2v) is 6.78. The number of fused-ring (bicyclic) bond motifs is 1. The van der Waals surface area contributed by atoms with Gasteiger partial charge in [0.05, 0.1) is 18.4 Å². The van der Waals surface area contributed by atoms with Crippen LogP contribution in [0.1, 0.15) is 36.9 Å². The number of carbonyl (C=O) groups excluding carboxylic acids is 1. The molecule has 0 saturated heterocycles. The fourth-order valence-corrected chi connectivity index (χ4v) is 3.59. The van der Waals surface area contributed by atoms with Gasteiger partial charge in [-0.1, -0.05) is 30.0 Å². The zero-order valence-corrected chi connectivity index (χ0v) is 13.5. The Morgan fingerprint density at radius 2 is 2.22 bits per heavy atom. The minimum Gasteiger partial charge on any atom is -0.493 e. The summed E-state index contributed by atoms with van der Waals surface area (Å²) < 4.78 is 7.70. The number of hydrogen-bond acceptors (Lipinski definition) is 5. The molecule has 2 aromatic rings. The van der Waals surface area contributed by atoms with Crippen molar-refractivity contribution in [2.24, 2.45) is 0 Å². The van der Waals surface area contributed by atoms with E-state index >= 15 is 0 Å². The van der Waals surface area contributed by atoms with Gasteiger partial charge in [-0.05, 0) is 18.9 Å². The molecule has 120 valence electrons. The number of ether oxygens (including phenoxy) is 1. The van der Waals surface area contributed by atoms with Gasteiger partial charge < -0.3 is 14.6 Å². The van der Waals surface area contributed by atoms with Crippen molar-refractivity contribution >= 4 is 17.7 Å². The summed E-state index contributed by atoms with van der Waals surface area (Å²) in [4.78, 5) is 12.3. The normalized spacial score (nSPS) is 19.7. The molecule has 1 aliphatic heterocycles. The standard InChI is InChI=1S/C16H18N4O2S/c21-15(9-23-16-19-17-10-20(16)11-5-6-11)18-13-7-8-22-14-4-2-1-3-12(13)14/h1-4,10-11,13H,5-9H2,(H,18,21)/t13-/m1/s1. The number of rotatable bonds is 5. The third kappa shape index (κ3) is 3.19. The zero-order valence-electron chi connectivity index (χ0n) is 12.6. The van der Waals surface area contributed by atoms with Crippen LogP contribution in [0.15, 0.2) is 35.7 Å². The van der Waals surface area contributed by atoms with E-state index in [1.54, 1.807) is 6.33 Å². The highest BCUT2D eigenvalue weighted by Crippen LogP contribution is 2.37. The van der Waals surface area contributed by atoms with Gasteiger partial charge in [-0.2, -0.15) is 0 Å². The summed E-state index contributed by atoms with van der Waals surface area (Å²) in [5, 5.41) is 12.0. The van der Waals surface area contributed by atoms with Crippen LogP contribution < -0.4 is 10.1 Å². The fourth-order valence-electron chi connectivity index (χ4n) is 2.80. The van der Waals surface area contributed by atoms with E-state index in [-0.39, 0.29) is 11.9 Å². The molecule has 1 atom stereocenters. The van der Waals surface area contributed by atoms with E-state index in [0.29, 0.717) is 18.4 Å². The summed E-state index contributed by atoms with van der Waals surface area (Å²) in [5.41, 5.74) is 1.05. The Labute approximate surface area is 138 Å². The predicted molar refractivity (Wildman–Crippen MR) is 86.5 cm³/mol. The third-order valence-electron chi connectivity index (χ3n) is 4.11. The van der Waals surface area contributed by atoms with Crippen molar-refractivity contribution in [3.8, 4) is 5.75 Å². The molecule has 2 aliphatic rings. The quantitative estimate of drug-likeness (QED) is 0.852. The predicted octanol–water partition coefficient (Wildman–Crippen LogP) is 2.35. The first-order chi connectivity index (χ1) is 11.3. The van der Waals surface area contributed by atoms with Crippen LogP contribution in [-0.4, -0.2) is 33.0 Å². The van der Waals surface area contributed by atoms with Crippen molar-refractivity contribution in [3.63, 3.8) is 0 Å². The Balaban J connectivity index is 1.36. The number of amides is 1. The molecule has 1 fully saturated rings. The second kappa shape index (κ2) is 6.23. The number of benzene rings is 1. The molecule has 1 amide bonds. The number of hydrogen-bond donors (Lipinski definition) is 1. The number of thioether (sulfide) groups is 1. The molecule has 6 nitrogen and oxygen atoms in total. The molecule has 1 aromatic heterocycles. The summed E-state index contributed by atoms with van der Waals surface area (Å²) in [6.07, 6.45) is 4.91. The molecular formula is C16H18N4O2S. The van der Waals surface area contributed by atoms with Crippen LogP contribution >= 0.6 is 11.8 Å². The van der Waals surface area contributed by atoms with Crippen molar-refractivity contribution in [2.75, 3.05) is 12.4 Å². The lowest BCUT2D eigenvalue weighted by Crippen LogP contribution is -2.33. The maximum absolute atomic E-state index is 12.3. The van der Waals surface area contributed by atoms with Gasteiger partial charge >= 0.3 is 0 Å². The van der Waals surface area contributed by atoms with E-state index in [1.807, 2.05) is 24.3 Å². The van der Waals surface area contributed by atoms with Crippen LogP contribution in [0.4, 0.5) is 0 Å². The topological polar surface area (TPSA) is 69.0 Å². The molecule has 0 bridgehead atoms. The molecule has 7 heteroatoms. The molecule has 1 aromatic carbocycles. The number of carbonyl (C=O) groups is 1. The molecule has 4 rings (SSSR count). The van der Waals surface area contributed by atoms with Gasteiger partial charge in [0, 0.05) is 18.0 Å². The van der Waals surface area contributed by atoms with Crippen LogP contribution in [0, 0.1) is 0 Å². The van der Waals surface area contributed by atoms with Gasteiger partial charge in [0.15, 0.2) is 5.16 Å². The monoisotopic (exact) mass is 330 g/mol. The van der Waals surface area contributed by atoms with Crippen LogP contribution in [0.25, 0.3) is 0 Å². The lowest BCUT2D eigenvalue weighted by atomic mass is 10.0. The molecule has 0 unspecified atom stereocenters. The van der Waals surface area contributed by atoms with Gasteiger partial charge in [0.1, 0.15) is 12.1 Å². The maximum atomic E-state index is 12.3. The molecule has 1 N–H and O–H groups in total. The molecule has 1 saturated carbocycles. The lowest BCUT2D eigenvalue weighted by molar-refractivity contribution is -0.119. The molecule has 2 heterocycles. The smallest absolute Gasteiger partial charge is 0.230 e. The van der Waals surface area contributed by atoms with Crippen LogP contribution in [0.3, 0.4) is 0 Å². The highest BCUT2D eigenvalue weighted by molar-refractivity contribution is 7.99. The van der Waals surface area contributed by atoms with Crippen molar-refractivity contribution in [1.82, 2.24) is 20.1 Å². The number of aromatic nitrogens is 3. The Kier molecular flexibility index (Phi) is 3.95. The van der Waals surface area contributed by atoms with E-state index in [4.69, 9.17) is 4.74 Å². The summed E-state index contributed by atoms with van der Waals surface area (Å²) in [6.45, 7) is 0.630. The average molecular weight is 330 g/mol. The molecule has 23 heavy (non-hydrogen) atoms. The lowest BCUT2D eigenvalue weighted by Gasteiger charge is -2.26. The molecule has 0 radical (unpaired) electrons. The maximum Gasteiger partial charge on any atom is 0.230 e. The summed E-state index contributed by atoms with van der Waals surface area (Å²) in [6, 6.07) is 8.42. The first-order valence-electron chi connectivity index (χ1n) is 7.84. The highest BCUT2D eigenvalue weighted by atomic mass is 32.2. The van der Waals surface area contributed by atoms with Crippen LogP contribution in [0.5, 0.6) is 5.75 Å². The van der Waals surface area contributed by atoms with E-state index in [1.165, 1.54) is 24.6 Å². The first kappa shape index (κ1) is 14.6. The Morgan fingerprint density at radius 1 is 1.35 bits per heavy atom. The first-order valence-corrected chi connectivity index (χ1v) is 8.83. The van der Waals surface area contributed by atoms with Crippen LogP contribution in [-0.2, 0) is 4.79 Å². The van der Waals surface area contributed by atoms with E-state index in [9.17, 15) is 4.79 Å². The number of para-hydroxylation sites is 1. The summed E-state index contributed by atoms with van der Waals surface area (Å²) >= 11 is 1.45. The van der Waals surface area contributed by atoms with Crippen molar-refractivity contribution < 1.29 is 9.53 Å². The molecule has 0 spiro atoms. The fraction of sp³-hybridized carbons (Fsp3) is 0.438. The highest BCUT2D eigenvalue weighted by Gasteiger charge is 2.27. The number of nitrogens with zero attached hydrogens (tertiary/aromatic N) is 3. The summed E-state index contributed by atoms with van der Waals surface area (Å²) in [7, 11) is 0. The van der Waals surface area contributed by atoms with E-state index in [2.05, 4.69) is 20.1 Å². The van der Waals surface area contributed by atoms with Gasteiger partial charge in [-0.15, -0.1) is 10.2 Å². The van der Waals surface area contributed by atoms with Gasteiger partial charge in [-0.25, -0.2) is 0 Å². The van der Waals surface area contributed by atoms with E-state index < -0.39 is 0 Å². The average Bonchev–Trinajstić information content (AvgIpc) is 3.31. The Hall–Kier alpha value is -2.02. The minimum absolute atomic E-state index is 0.0158. The van der Waals surface area contributed by atoms with Gasteiger partial charge in [0.2, 0.25) is 5.91 Å². The number of nitrogens with one attached hydrogen (secondary N) is 1. The SMILES string of the molecule is O=C(CSc1nncn1C1CC1)N[C@@H]1CCOc2ccccc21. The Bertz CT molecular complexity index is 714. The van der Waals surface area contributed by atoms with E-state index in [0.717, 1.165) is 22.9 Å². The minimum atomic E-state index is 0.0158. The zero-order chi connectivity index (χ0) is 15.6. The Morgan fingerprint density at radius 3 is 3.09 bits per heavy atom. The van der Waals surface area contributed by atoms with Crippen LogP contribution in [0.2, 0.25) is 0 Å². The van der Waals surface area contributed by atoms with Crippen molar-refractivity contribution in [1.29, 1.82) is 0 Å². The molecular weight excluding hydrogens is 312 g/mol. The van der Waals surface area contributed by atoms with Crippen molar-refractivity contribution in [2.45, 2.75) is 36.5 Å². The summed E-state index contributed by atoms with van der Waals surface area (Å²) in [5.74, 6) is 1.23. The molecule has 1 aliphatic carbocycles. The largest absolute Gasteiger partial charge is 0.493 e.